The molecular formula is C18H17NO5S. The minimum Gasteiger partial charge on any atom is -0.457 e. The van der Waals surface area contributed by atoms with Gasteiger partial charge in [-0.3, -0.25) is 0 Å². The zero-order valence-electron chi connectivity index (χ0n) is 13.8. The lowest BCUT2D eigenvalue weighted by Crippen LogP contribution is -2.22. The summed E-state index contributed by atoms with van der Waals surface area (Å²) in [4.78, 5) is 12.2. The van der Waals surface area contributed by atoms with E-state index in [2.05, 4.69) is 0 Å². The van der Waals surface area contributed by atoms with Gasteiger partial charge < -0.3 is 9.15 Å². The topological polar surface area (TPSA) is 76.8 Å². The van der Waals surface area contributed by atoms with E-state index in [1.807, 2.05) is 24.3 Å². The normalized spacial score (nSPS) is 11.8. The highest BCUT2D eigenvalue weighted by molar-refractivity contribution is 7.89. The summed E-state index contributed by atoms with van der Waals surface area (Å²) >= 11 is 0. The third-order valence-corrected chi connectivity index (χ3v) is 5.48. The highest BCUT2D eigenvalue weighted by Gasteiger charge is 2.19. The summed E-state index contributed by atoms with van der Waals surface area (Å²) in [5.41, 5.74) is 0.881. The van der Waals surface area contributed by atoms with Gasteiger partial charge in [-0.1, -0.05) is 24.3 Å². The van der Waals surface area contributed by atoms with Crippen LogP contribution in [0, 0.1) is 0 Å². The molecule has 0 fully saturated rings. The van der Waals surface area contributed by atoms with Gasteiger partial charge in [0.15, 0.2) is 0 Å². The van der Waals surface area contributed by atoms with Crippen molar-refractivity contribution in [1.82, 2.24) is 4.31 Å². The SMILES string of the molecule is CN(C)S(=O)(=O)c1cccc(C(=O)OCc2cc3ccccc3o2)c1. The predicted molar refractivity (Wildman–Crippen MR) is 92.6 cm³/mol. The van der Waals surface area contributed by atoms with Crippen molar-refractivity contribution >= 4 is 27.0 Å². The maximum atomic E-state index is 12.2. The Hall–Kier alpha value is -2.64. The molecule has 1 aromatic heterocycles. The van der Waals surface area contributed by atoms with Gasteiger partial charge in [0.05, 0.1) is 10.5 Å². The molecule has 1 heterocycles. The van der Waals surface area contributed by atoms with Crippen molar-refractivity contribution in [3.63, 3.8) is 0 Å². The number of furan rings is 1. The lowest BCUT2D eigenvalue weighted by atomic mass is 10.2. The number of sulfonamides is 1. The number of carbonyl (C=O) groups excluding carboxylic acids is 1. The Morgan fingerprint density at radius 1 is 1.08 bits per heavy atom. The zero-order valence-corrected chi connectivity index (χ0v) is 14.6. The maximum absolute atomic E-state index is 12.2. The molecule has 0 aliphatic rings. The molecule has 25 heavy (non-hydrogen) atoms. The summed E-state index contributed by atoms with van der Waals surface area (Å²) < 4.78 is 36.2. The Balaban J connectivity index is 1.75. The van der Waals surface area contributed by atoms with Crippen LogP contribution in [0.1, 0.15) is 16.1 Å². The third-order valence-electron chi connectivity index (χ3n) is 3.67. The van der Waals surface area contributed by atoms with Crippen molar-refractivity contribution in [2.24, 2.45) is 0 Å². The highest BCUT2D eigenvalue weighted by Crippen LogP contribution is 2.20. The van der Waals surface area contributed by atoms with Crippen molar-refractivity contribution in [3.8, 4) is 0 Å². The van der Waals surface area contributed by atoms with Crippen LogP contribution in [0.25, 0.3) is 11.0 Å². The first-order valence-electron chi connectivity index (χ1n) is 7.55. The van der Waals surface area contributed by atoms with E-state index in [1.165, 1.54) is 38.4 Å². The van der Waals surface area contributed by atoms with Gasteiger partial charge in [-0.05, 0) is 30.3 Å². The first kappa shape index (κ1) is 17.2. The Kier molecular flexibility index (Phi) is 4.61. The third kappa shape index (κ3) is 3.57. The van der Waals surface area contributed by atoms with E-state index in [1.54, 1.807) is 6.07 Å². The average molecular weight is 359 g/mol. The second-order valence-corrected chi connectivity index (χ2v) is 7.79. The van der Waals surface area contributed by atoms with Gasteiger partial charge in [-0.2, -0.15) is 0 Å². The Morgan fingerprint density at radius 3 is 2.56 bits per heavy atom. The Bertz CT molecular complexity index is 988. The minimum absolute atomic E-state index is 0.0296. The van der Waals surface area contributed by atoms with Crippen LogP contribution in [-0.4, -0.2) is 32.8 Å². The molecule has 0 bridgehead atoms. The first-order chi connectivity index (χ1) is 11.9. The summed E-state index contributed by atoms with van der Waals surface area (Å²) in [6, 6.07) is 15.0. The number of para-hydroxylation sites is 1. The summed E-state index contributed by atoms with van der Waals surface area (Å²) in [5.74, 6) is -0.0946. The molecule has 0 radical (unpaired) electrons. The van der Waals surface area contributed by atoms with E-state index in [0.29, 0.717) is 11.3 Å². The molecule has 2 aromatic carbocycles. The quantitative estimate of drug-likeness (QED) is 0.655. The number of nitrogens with zero attached hydrogens (tertiary/aromatic N) is 1. The van der Waals surface area contributed by atoms with Crippen LogP contribution in [0.4, 0.5) is 0 Å². The van der Waals surface area contributed by atoms with E-state index in [-0.39, 0.29) is 17.1 Å². The van der Waals surface area contributed by atoms with Crippen LogP contribution in [0.2, 0.25) is 0 Å². The molecule has 0 spiro atoms. The van der Waals surface area contributed by atoms with Gasteiger partial charge in [0.1, 0.15) is 18.0 Å². The van der Waals surface area contributed by atoms with E-state index in [9.17, 15) is 13.2 Å². The van der Waals surface area contributed by atoms with Crippen LogP contribution >= 0.6 is 0 Å². The number of hydrogen-bond acceptors (Lipinski definition) is 5. The van der Waals surface area contributed by atoms with Crippen molar-refractivity contribution < 1.29 is 22.4 Å². The molecular weight excluding hydrogens is 342 g/mol. The lowest BCUT2D eigenvalue weighted by molar-refractivity contribution is 0.0447. The standard InChI is InChI=1S/C18H17NO5S/c1-19(2)25(21,22)16-8-5-7-14(11-16)18(20)23-12-15-10-13-6-3-4-9-17(13)24-15/h3-11H,12H2,1-2H3. The zero-order chi connectivity index (χ0) is 18.0. The molecule has 0 saturated carbocycles. The summed E-state index contributed by atoms with van der Waals surface area (Å²) in [6.07, 6.45) is 0. The fourth-order valence-electron chi connectivity index (χ4n) is 2.32. The van der Waals surface area contributed by atoms with Gasteiger partial charge >= 0.3 is 5.97 Å². The first-order valence-corrected chi connectivity index (χ1v) is 8.99. The predicted octanol–water partition coefficient (Wildman–Crippen LogP) is 3.04. The van der Waals surface area contributed by atoms with Crippen LogP contribution < -0.4 is 0 Å². The summed E-state index contributed by atoms with van der Waals surface area (Å²) in [5, 5.41) is 0.924. The molecule has 0 N–H and O–H groups in total. The fourth-order valence-corrected chi connectivity index (χ4v) is 3.27. The van der Waals surface area contributed by atoms with E-state index >= 15 is 0 Å². The molecule has 0 saturated heterocycles. The molecule has 0 aliphatic carbocycles. The van der Waals surface area contributed by atoms with Crippen molar-refractivity contribution in [2.45, 2.75) is 11.5 Å². The molecule has 3 rings (SSSR count). The summed E-state index contributed by atoms with van der Waals surface area (Å²) in [7, 11) is -0.745. The number of ether oxygens (including phenoxy) is 1. The number of carbonyl (C=O) groups is 1. The van der Waals surface area contributed by atoms with Crippen LogP contribution in [0.15, 0.2) is 63.9 Å². The second-order valence-electron chi connectivity index (χ2n) is 5.64. The fraction of sp³-hybridized carbons (Fsp3) is 0.167. The number of rotatable bonds is 5. The van der Waals surface area contributed by atoms with Crippen LogP contribution in [-0.2, 0) is 21.4 Å². The van der Waals surface area contributed by atoms with E-state index < -0.39 is 16.0 Å². The van der Waals surface area contributed by atoms with Gasteiger partial charge in [-0.15, -0.1) is 0 Å². The molecule has 0 atom stereocenters. The van der Waals surface area contributed by atoms with Crippen LogP contribution in [0.3, 0.4) is 0 Å². The van der Waals surface area contributed by atoms with Crippen LogP contribution in [0.5, 0.6) is 0 Å². The largest absolute Gasteiger partial charge is 0.457 e. The van der Waals surface area contributed by atoms with Crippen molar-refractivity contribution in [2.75, 3.05) is 14.1 Å². The number of benzene rings is 2. The van der Waals surface area contributed by atoms with Gasteiger partial charge in [0, 0.05) is 19.5 Å². The van der Waals surface area contributed by atoms with E-state index in [4.69, 9.17) is 9.15 Å². The molecule has 6 nitrogen and oxygen atoms in total. The molecule has 0 unspecified atom stereocenters. The molecule has 130 valence electrons. The van der Waals surface area contributed by atoms with Gasteiger partial charge in [0.2, 0.25) is 10.0 Å². The summed E-state index contributed by atoms with van der Waals surface area (Å²) in [6.45, 7) is -0.0296. The molecule has 7 heteroatoms. The molecule has 0 aliphatic heterocycles. The lowest BCUT2D eigenvalue weighted by Gasteiger charge is -2.12. The smallest absolute Gasteiger partial charge is 0.338 e. The number of fused-ring (bicyclic) bond motifs is 1. The second kappa shape index (κ2) is 6.70. The maximum Gasteiger partial charge on any atom is 0.338 e. The number of hydrogen-bond donors (Lipinski definition) is 0. The van der Waals surface area contributed by atoms with Gasteiger partial charge in [0.25, 0.3) is 0 Å². The van der Waals surface area contributed by atoms with Crippen molar-refractivity contribution in [3.05, 3.63) is 65.9 Å². The monoisotopic (exact) mass is 359 g/mol. The number of esters is 1. The Morgan fingerprint density at radius 2 is 1.84 bits per heavy atom. The Labute approximate surface area is 145 Å². The van der Waals surface area contributed by atoms with E-state index in [0.717, 1.165) is 9.69 Å². The van der Waals surface area contributed by atoms with Crippen molar-refractivity contribution in [1.29, 1.82) is 0 Å². The molecule has 3 aromatic rings. The van der Waals surface area contributed by atoms with Gasteiger partial charge in [-0.25, -0.2) is 17.5 Å². The highest BCUT2D eigenvalue weighted by atomic mass is 32.2. The average Bonchev–Trinajstić information content (AvgIpc) is 3.02. The molecule has 0 amide bonds. The minimum atomic E-state index is -3.61.